The van der Waals surface area contributed by atoms with Crippen LogP contribution in [-0.2, 0) is 18.4 Å². The van der Waals surface area contributed by atoms with Crippen molar-refractivity contribution in [1.29, 1.82) is 0 Å². The van der Waals surface area contributed by atoms with Crippen LogP contribution in [0.1, 0.15) is 27.3 Å². The van der Waals surface area contributed by atoms with Crippen molar-refractivity contribution in [2.45, 2.75) is 20.4 Å². The van der Waals surface area contributed by atoms with Gasteiger partial charge in [-0.25, -0.2) is 4.98 Å². The summed E-state index contributed by atoms with van der Waals surface area (Å²) in [6.07, 6.45) is 1.53. The Morgan fingerprint density at radius 1 is 1.24 bits per heavy atom. The number of imidazole rings is 1. The van der Waals surface area contributed by atoms with Gasteiger partial charge in [0.25, 0.3) is 11.7 Å². The Morgan fingerprint density at radius 3 is 2.57 bits per heavy atom. The standard InChI is InChI=1S/C15H14ClN3O2/c1-8-4-9(2)13-10(5-8)14(20)15(21)19(13)7-12-17-6-11(16)18(12)3/h4-6H,7H2,1-3H3. The third-order valence-corrected chi connectivity index (χ3v) is 4.08. The molecule has 1 aromatic carbocycles. The molecule has 1 aromatic heterocycles. The van der Waals surface area contributed by atoms with E-state index in [1.165, 1.54) is 11.1 Å². The second kappa shape index (κ2) is 4.70. The average Bonchev–Trinajstić information content (AvgIpc) is 2.85. The molecule has 0 aliphatic carbocycles. The lowest BCUT2D eigenvalue weighted by Gasteiger charge is -2.18. The van der Waals surface area contributed by atoms with Crippen molar-refractivity contribution >= 4 is 29.0 Å². The van der Waals surface area contributed by atoms with Crippen molar-refractivity contribution in [2.24, 2.45) is 7.05 Å². The van der Waals surface area contributed by atoms with Gasteiger partial charge in [-0.15, -0.1) is 0 Å². The number of rotatable bonds is 2. The molecule has 21 heavy (non-hydrogen) atoms. The summed E-state index contributed by atoms with van der Waals surface area (Å²) in [4.78, 5) is 30.1. The largest absolute Gasteiger partial charge is 0.321 e. The van der Waals surface area contributed by atoms with Crippen LogP contribution in [0.25, 0.3) is 0 Å². The van der Waals surface area contributed by atoms with E-state index in [0.717, 1.165) is 11.1 Å². The zero-order valence-corrected chi connectivity index (χ0v) is 12.7. The predicted molar refractivity (Wildman–Crippen MR) is 79.7 cm³/mol. The summed E-state index contributed by atoms with van der Waals surface area (Å²) in [5.41, 5.74) is 3.02. The van der Waals surface area contributed by atoms with Crippen LogP contribution < -0.4 is 4.90 Å². The Balaban J connectivity index is 2.08. The second-order valence-electron chi connectivity index (χ2n) is 5.25. The third-order valence-electron chi connectivity index (χ3n) is 3.73. The highest BCUT2D eigenvalue weighted by atomic mass is 35.5. The number of anilines is 1. The van der Waals surface area contributed by atoms with Gasteiger partial charge in [0.15, 0.2) is 0 Å². The molecule has 0 saturated carbocycles. The number of Topliss-reactive ketones (excluding diaryl/α,β-unsaturated/α-hetero) is 1. The number of aromatic nitrogens is 2. The lowest BCUT2D eigenvalue weighted by atomic mass is 10.0. The molecule has 108 valence electrons. The molecule has 0 fully saturated rings. The first-order chi connectivity index (χ1) is 9.90. The monoisotopic (exact) mass is 303 g/mol. The van der Waals surface area contributed by atoms with E-state index in [1.807, 2.05) is 19.9 Å². The maximum absolute atomic E-state index is 12.3. The quantitative estimate of drug-likeness (QED) is 0.801. The first kappa shape index (κ1) is 13.8. The number of carbonyl (C=O) groups excluding carboxylic acids is 2. The minimum atomic E-state index is -0.516. The zero-order valence-electron chi connectivity index (χ0n) is 12.0. The van der Waals surface area contributed by atoms with E-state index < -0.39 is 11.7 Å². The maximum Gasteiger partial charge on any atom is 0.299 e. The summed E-state index contributed by atoms with van der Waals surface area (Å²) in [6, 6.07) is 3.72. The van der Waals surface area contributed by atoms with Crippen LogP contribution in [0.3, 0.4) is 0 Å². The Morgan fingerprint density at radius 2 is 1.95 bits per heavy atom. The van der Waals surface area contributed by atoms with Crippen molar-refractivity contribution in [3.8, 4) is 0 Å². The van der Waals surface area contributed by atoms with Crippen molar-refractivity contribution < 1.29 is 9.59 Å². The van der Waals surface area contributed by atoms with Gasteiger partial charge in [-0.2, -0.15) is 0 Å². The van der Waals surface area contributed by atoms with Crippen LogP contribution in [0.5, 0.6) is 0 Å². The van der Waals surface area contributed by atoms with E-state index >= 15 is 0 Å². The third kappa shape index (κ3) is 2.05. The number of fused-ring (bicyclic) bond motifs is 1. The number of nitrogens with zero attached hydrogens (tertiary/aromatic N) is 3. The number of hydrogen-bond acceptors (Lipinski definition) is 3. The molecule has 0 N–H and O–H groups in total. The Bertz CT molecular complexity index is 779. The minimum Gasteiger partial charge on any atom is -0.321 e. The van der Waals surface area contributed by atoms with Crippen LogP contribution >= 0.6 is 11.6 Å². The summed E-state index contributed by atoms with van der Waals surface area (Å²) in [5, 5.41) is 0.490. The van der Waals surface area contributed by atoms with Gasteiger partial charge in [0, 0.05) is 7.05 Å². The van der Waals surface area contributed by atoms with Crippen LogP contribution in [0.2, 0.25) is 5.15 Å². The predicted octanol–water partition coefficient (Wildman–Crippen LogP) is 2.42. The summed E-state index contributed by atoms with van der Waals surface area (Å²) < 4.78 is 1.70. The van der Waals surface area contributed by atoms with E-state index in [-0.39, 0.29) is 6.54 Å². The highest BCUT2D eigenvalue weighted by Gasteiger charge is 2.37. The molecule has 0 atom stereocenters. The second-order valence-corrected chi connectivity index (χ2v) is 5.64. The number of hydrogen-bond donors (Lipinski definition) is 0. The van der Waals surface area contributed by atoms with Gasteiger partial charge in [-0.05, 0) is 31.0 Å². The molecular weight excluding hydrogens is 290 g/mol. The van der Waals surface area contributed by atoms with E-state index in [2.05, 4.69) is 4.98 Å². The number of halogens is 1. The highest BCUT2D eigenvalue weighted by Crippen LogP contribution is 2.34. The number of benzene rings is 1. The number of ketones is 1. The Hall–Kier alpha value is -2.14. The fourth-order valence-corrected chi connectivity index (χ4v) is 2.84. The molecule has 6 heteroatoms. The smallest absolute Gasteiger partial charge is 0.299 e. The fourth-order valence-electron chi connectivity index (χ4n) is 2.69. The van der Waals surface area contributed by atoms with Gasteiger partial charge in [0.1, 0.15) is 11.0 Å². The highest BCUT2D eigenvalue weighted by molar-refractivity contribution is 6.52. The number of aryl methyl sites for hydroxylation is 2. The molecule has 5 nitrogen and oxygen atoms in total. The zero-order chi connectivity index (χ0) is 15.3. The lowest BCUT2D eigenvalue weighted by molar-refractivity contribution is -0.114. The molecule has 0 unspecified atom stereocenters. The van der Waals surface area contributed by atoms with Crippen molar-refractivity contribution in [3.05, 3.63) is 46.0 Å². The van der Waals surface area contributed by atoms with Crippen LogP contribution in [-0.4, -0.2) is 21.2 Å². The summed E-state index contributed by atoms with van der Waals surface area (Å²) in [7, 11) is 1.77. The molecule has 1 aliphatic rings. The van der Waals surface area contributed by atoms with Gasteiger partial charge < -0.3 is 4.57 Å². The topological polar surface area (TPSA) is 55.2 Å². The molecule has 1 aliphatic heterocycles. The minimum absolute atomic E-state index is 0.227. The SMILES string of the molecule is Cc1cc(C)c2c(c1)C(=O)C(=O)N2Cc1ncc(Cl)n1C. The molecule has 2 heterocycles. The molecule has 3 rings (SSSR count). The van der Waals surface area contributed by atoms with Gasteiger partial charge in [-0.1, -0.05) is 17.7 Å². The van der Waals surface area contributed by atoms with Gasteiger partial charge in [0.05, 0.1) is 24.0 Å². The average molecular weight is 304 g/mol. The normalized spacial score (nSPS) is 14.0. The molecular formula is C15H14ClN3O2. The maximum atomic E-state index is 12.3. The fraction of sp³-hybridized carbons (Fsp3) is 0.267. The van der Waals surface area contributed by atoms with E-state index in [9.17, 15) is 9.59 Å². The van der Waals surface area contributed by atoms with Crippen molar-refractivity contribution in [2.75, 3.05) is 4.90 Å². The van der Waals surface area contributed by atoms with Gasteiger partial charge in [-0.3, -0.25) is 14.5 Å². The number of amides is 1. The first-order valence-corrected chi connectivity index (χ1v) is 6.91. The van der Waals surface area contributed by atoms with E-state index in [0.29, 0.717) is 22.2 Å². The van der Waals surface area contributed by atoms with Crippen LogP contribution in [0, 0.1) is 13.8 Å². The molecule has 0 spiro atoms. The van der Waals surface area contributed by atoms with E-state index in [4.69, 9.17) is 11.6 Å². The van der Waals surface area contributed by atoms with Crippen LogP contribution in [0.15, 0.2) is 18.3 Å². The van der Waals surface area contributed by atoms with Crippen molar-refractivity contribution in [1.82, 2.24) is 9.55 Å². The molecule has 0 bridgehead atoms. The Labute approximate surface area is 127 Å². The molecule has 2 aromatic rings. The van der Waals surface area contributed by atoms with E-state index in [1.54, 1.807) is 17.7 Å². The Kier molecular flexibility index (Phi) is 3.10. The summed E-state index contributed by atoms with van der Waals surface area (Å²) in [5.74, 6) is -0.344. The molecule has 0 saturated heterocycles. The summed E-state index contributed by atoms with van der Waals surface area (Å²) in [6.45, 7) is 4.03. The van der Waals surface area contributed by atoms with Gasteiger partial charge in [0.2, 0.25) is 0 Å². The van der Waals surface area contributed by atoms with Crippen molar-refractivity contribution in [3.63, 3.8) is 0 Å². The summed E-state index contributed by atoms with van der Waals surface area (Å²) >= 11 is 5.96. The first-order valence-electron chi connectivity index (χ1n) is 6.53. The van der Waals surface area contributed by atoms with Gasteiger partial charge >= 0.3 is 0 Å². The number of carbonyl (C=O) groups is 2. The lowest BCUT2D eigenvalue weighted by Crippen LogP contribution is -2.30. The molecule has 0 radical (unpaired) electrons. The molecule has 1 amide bonds. The van der Waals surface area contributed by atoms with Crippen LogP contribution in [0.4, 0.5) is 5.69 Å².